The Morgan fingerprint density at radius 2 is 2.00 bits per heavy atom. The fourth-order valence-electron chi connectivity index (χ4n) is 1.88. The summed E-state index contributed by atoms with van der Waals surface area (Å²) in [6.07, 6.45) is -2.18. The minimum atomic E-state index is -4.22. The van der Waals surface area contributed by atoms with Crippen molar-refractivity contribution in [1.82, 2.24) is 4.90 Å². The van der Waals surface area contributed by atoms with Gasteiger partial charge in [-0.2, -0.15) is 13.2 Å². The summed E-state index contributed by atoms with van der Waals surface area (Å²) >= 11 is 0. The third-order valence-corrected chi connectivity index (χ3v) is 2.73. The molecule has 0 spiro atoms. The fraction of sp³-hybridized carbons (Fsp3) is 1.00. The lowest BCUT2D eigenvalue weighted by Gasteiger charge is -2.35. The maximum Gasteiger partial charge on any atom is 0.411 e. The topological polar surface area (TPSA) is 38.5 Å². The van der Waals surface area contributed by atoms with Gasteiger partial charge in [-0.1, -0.05) is 0 Å². The highest BCUT2D eigenvalue weighted by Crippen LogP contribution is 2.25. The van der Waals surface area contributed by atoms with Crippen LogP contribution in [0.1, 0.15) is 12.8 Å². The van der Waals surface area contributed by atoms with Crippen molar-refractivity contribution in [2.24, 2.45) is 11.7 Å². The molecule has 0 unspecified atom stereocenters. The summed E-state index contributed by atoms with van der Waals surface area (Å²) in [6.45, 7) is 0.384. The van der Waals surface area contributed by atoms with Crippen LogP contribution in [0.25, 0.3) is 0 Å². The van der Waals surface area contributed by atoms with E-state index in [4.69, 9.17) is 5.73 Å². The molecular weight excluding hydrogens is 221 g/mol. The Morgan fingerprint density at radius 3 is 2.50 bits per heavy atom. The summed E-state index contributed by atoms with van der Waals surface area (Å²) < 4.78 is 39.8. The van der Waals surface area contributed by atoms with Gasteiger partial charge >= 0.3 is 6.18 Å². The first-order valence-corrected chi connectivity index (χ1v) is 5.45. The molecule has 0 aromatic carbocycles. The van der Waals surface area contributed by atoms with Gasteiger partial charge in [0, 0.05) is 19.1 Å². The van der Waals surface area contributed by atoms with E-state index in [1.165, 1.54) is 0 Å². The van der Waals surface area contributed by atoms with Crippen LogP contribution in [-0.4, -0.2) is 50.5 Å². The van der Waals surface area contributed by atoms with Crippen molar-refractivity contribution in [3.8, 4) is 0 Å². The van der Waals surface area contributed by atoms with E-state index in [9.17, 15) is 13.2 Å². The number of hydrogen-bond donors (Lipinski definition) is 1. The molecule has 1 saturated carbocycles. The van der Waals surface area contributed by atoms with Crippen LogP contribution in [-0.2, 0) is 4.74 Å². The van der Waals surface area contributed by atoms with Gasteiger partial charge in [-0.25, -0.2) is 0 Å². The van der Waals surface area contributed by atoms with Crippen molar-refractivity contribution in [2.45, 2.75) is 25.1 Å². The summed E-state index contributed by atoms with van der Waals surface area (Å²) in [5, 5.41) is 0. The zero-order valence-corrected chi connectivity index (χ0v) is 9.46. The van der Waals surface area contributed by atoms with E-state index in [0.29, 0.717) is 18.5 Å². The van der Waals surface area contributed by atoms with Crippen LogP contribution in [0, 0.1) is 5.92 Å². The highest BCUT2D eigenvalue weighted by molar-refractivity contribution is 4.83. The number of nitrogens with zero attached hydrogens (tertiary/aromatic N) is 1. The summed E-state index contributed by atoms with van der Waals surface area (Å²) in [6, 6.07) is 0.319. The zero-order valence-electron chi connectivity index (χ0n) is 9.46. The lowest BCUT2D eigenvalue weighted by Crippen LogP contribution is -2.42. The molecule has 0 bridgehead atoms. The van der Waals surface area contributed by atoms with Gasteiger partial charge in [0.25, 0.3) is 0 Å². The molecule has 16 heavy (non-hydrogen) atoms. The summed E-state index contributed by atoms with van der Waals surface area (Å²) in [7, 11) is 1.89. The molecule has 2 N–H and O–H groups in total. The molecule has 0 aliphatic heterocycles. The number of rotatable bonds is 6. The number of nitrogens with two attached hydrogens (primary N) is 1. The second kappa shape index (κ2) is 5.84. The van der Waals surface area contributed by atoms with Crippen LogP contribution < -0.4 is 5.73 Å². The third-order valence-electron chi connectivity index (χ3n) is 2.73. The molecule has 96 valence electrons. The number of likely N-dealkylation sites (N-methyl/N-ethyl adjacent to an activating group) is 1. The molecule has 1 fully saturated rings. The number of ether oxygens (including phenoxy) is 1. The number of halogens is 3. The maximum absolute atomic E-state index is 11.7. The quantitative estimate of drug-likeness (QED) is 0.710. The van der Waals surface area contributed by atoms with Gasteiger partial charge in [-0.05, 0) is 25.8 Å². The van der Waals surface area contributed by atoms with E-state index >= 15 is 0 Å². The Hall–Kier alpha value is -0.330. The Balaban J connectivity index is 1.96. The predicted molar refractivity (Wildman–Crippen MR) is 55.1 cm³/mol. The summed E-state index contributed by atoms with van der Waals surface area (Å²) in [4.78, 5) is 1.99. The van der Waals surface area contributed by atoms with Gasteiger partial charge in [0.15, 0.2) is 0 Å². The van der Waals surface area contributed by atoms with Gasteiger partial charge in [0.2, 0.25) is 0 Å². The van der Waals surface area contributed by atoms with E-state index in [1.54, 1.807) is 0 Å². The first kappa shape index (κ1) is 13.7. The highest BCUT2D eigenvalue weighted by Gasteiger charge is 2.28. The molecule has 0 radical (unpaired) electrons. The van der Waals surface area contributed by atoms with Gasteiger partial charge in [-0.15, -0.1) is 0 Å². The zero-order chi connectivity index (χ0) is 12.2. The van der Waals surface area contributed by atoms with Crippen molar-refractivity contribution in [2.75, 3.05) is 33.4 Å². The summed E-state index contributed by atoms with van der Waals surface area (Å²) in [5.74, 6) is 0.600. The second-order valence-corrected chi connectivity index (χ2v) is 4.53. The van der Waals surface area contributed by atoms with Crippen molar-refractivity contribution in [3.05, 3.63) is 0 Å². The Kier molecular flexibility index (Phi) is 5.01. The lowest BCUT2D eigenvalue weighted by molar-refractivity contribution is -0.174. The second-order valence-electron chi connectivity index (χ2n) is 4.53. The highest BCUT2D eigenvalue weighted by atomic mass is 19.4. The fourth-order valence-corrected chi connectivity index (χ4v) is 1.88. The smallest absolute Gasteiger partial charge is 0.371 e. The largest absolute Gasteiger partial charge is 0.411 e. The molecule has 3 nitrogen and oxygen atoms in total. The average molecular weight is 240 g/mol. The standard InChI is InChI=1S/C10H19F3N2O/c1-15(6-8-4-9(14)5-8)2-3-16-7-10(11,12)13/h8-9H,2-7,14H2,1H3. The minimum absolute atomic E-state index is 0.120. The van der Waals surface area contributed by atoms with E-state index in [0.717, 1.165) is 19.4 Å². The SMILES string of the molecule is CN(CCOCC(F)(F)F)CC1CC(N)C1. The van der Waals surface area contributed by atoms with Gasteiger partial charge in [0.1, 0.15) is 6.61 Å². The first-order valence-electron chi connectivity index (χ1n) is 5.45. The minimum Gasteiger partial charge on any atom is -0.371 e. The molecule has 1 rings (SSSR count). The van der Waals surface area contributed by atoms with E-state index in [-0.39, 0.29) is 6.61 Å². The average Bonchev–Trinajstić information content (AvgIpc) is 2.08. The molecule has 6 heteroatoms. The first-order chi connectivity index (χ1) is 7.37. The van der Waals surface area contributed by atoms with E-state index in [1.807, 2.05) is 11.9 Å². The third kappa shape index (κ3) is 5.67. The van der Waals surface area contributed by atoms with Gasteiger partial charge in [-0.3, -0.25) is 0 Å². The Morgan fingerprint density at radius 1 is 1.38 bits per heavy atom. The van der Waals surface area contributed by atoms with Crippen LogP contribution in [0.3, 0.4) is 0 Å². The Labute approximate surface area is 93.7 Å². The Bertz CT molecular complexity index is 205. The molecule has 0 aromatic rings. The van der Waals surface area contributed by atoms with Crippen LogP contribution in [0.5, 0.6) is 0 Å². The molecule has 0 atom stereocenters. The monoisotopic (exact) mass is 240 g/mol. The van der Waals surface area contributed by atoms with E-state index in [2.05, 4.69) is 4.74 Å². The van der Waals surface area contributed by atoms with Crippen molar-refractivity contribution in [1.29, 1.82) is 0 Å². The summed E-state index contributed by atoms with van der Waals surface area (Å²) in [5.41, 5.74) is 5.65. The number of alkyl halides is 3. The molecule has 1 aliphatic carbocycles. The lowest BCUT2D eigenvalue weighted by atomic mass is 9.81. The van der Waals surface area contributed by atoms with Crippen molar-refractivity contribution < 1.29 is 17.9 Å². The number of hydrogen-bond acceptors (Lipinski definition) is 3. The molecule has 0 aromatic heterocycles. The van der Waals surface area contributed by atoms with Crippen LogP contribution >= 0.6 is 0 Å². The predicted octanol–water partition coefficient (Wildman–Crippen LogP) is 1.23. The van der Waals surface area contributed by atoms with Gasteiger partial charge < -0.3 is 15.4 Å². The van der Waals surface area contributed by atoms with E-state index < -0.39 is 12.8 Å². The molecule has 0 amide bonds. The van der Waals surface area contributed by atoms with Gasteiger partial charge in [0.05, 0.1) is 6.61 Å². The molecule has 0 saturated heterocycles. The van der Waals surface area contributed by atoms with Crippen LogP contribution in [0.15, 0.2) is 0 Å². The molecular formula is C10H19F3N2O. The molecule has 0 heterocycles. The maximum atomic E-state index is 11.7. The van der Waals surface area contributed by atoms with Crippen LogP contribution in [0.2, 0.25) is 0 Å². The van der Waals surface area contributed by atoms with Crippen molar-refractivity contribution >= 4 is 0 Å². The van der Waals surface area contributed by atoms with Crippen molar-refractivity contribution in [3.63, 3.8) is 0 Å². The molecule has 1 aliphatic rings. The van der Waals surface area contributed by atoms with Crippen LogP contribution in [0.4, 0.5) is 13.2 Å². The normalized spacial score (nSPS) is 25.9.